The summed E-state index contributed by atoms with van der Waals surface area (Å²) in [6.07, 6.45) is 1.70. The number of rotatable bonds is 6. The second kappa shape index (κ2) is 8.52. The number of amides is 1. The highest BCUT2D eigenvalue weighted by molar-refractivity contribution is 6.45. The normalized spacial score (nSPS) is 24.1. The lowest BCUT2D eigenvalue weighted by Crippen LogP contribution is -3.14. The van der Waals surface area contributed by atoms with Crippen molar-refractivity contribution in [1.29, 1.82) is 0 Å². The van der Waals surface area contributed by atoms with E-state index in [2.05, 4.69) is 11.4 Å². The first-order valence-electron chi connectivity index (χ1n) is 8.72. The molecule has 0 spiro atoms. The Morgan fingerprint density at radius 1 is 1.29 bits per heavy atom. The molecule has 1 fully saturated rings. The molecule has 132 valence electrons. The molecule has 2 N–H and O–H groups in total. The maximum atomic E-state index is 12.6. The van der Waals surface area contributed by atoms with Gasteiger partial charge in [-0.2, -0.15) is 0 Å². The van der Waals surface area contributed by atoms with E-state index in [0.29, 0.717) is 6.54 Å². The molecule has 24 heavy (non-hydrogen) atoms. The third-order valence-electron chi connectivity index (χ3n) is 5.10. The minimum absolute atomic E-state index is 0.0690. The first-order chi connectivity index (χ1) is 11.7. The van der Waals surface area contributed by atoms with Crippen LogP contribution in [0.1, 0.15) is 23.5 Å². The van der Waals surface area contributed by atoms with Crippen LogP contribution in [0, 0.1) is 5.92 Å². The van der Waals surface area contributed by atoms with Crippen molar-refractivity contribution in [3.05, 3.63) is 35.4 Å². The van der Waals surface area contributed by atoms with Crippen molar-refractivity contribution in [2.24, 2.45) is 5.92 Å². The fourth-order valence-corrected chi connectivity index (χ4v) is 4.41. The van der Waals surface area contributed by atoms with E-state index in [0.717, 1.165) is 51.3 Å². The Kier molecular flexibility index (Phi) is 6.39. The zero-order chi connectivity index (χ0) is 16.9. The molecule has 0 saturated carbocycles. The van der Waals surface area contributed by atoms with Gasteiger partial charge in [-0.15, -0.1) is 23.2 Å². The van der Waals surface area contributed by atoms with E-state index >= 15 is 0 Å². The van der Waals surface area contributed by atoms with Crippen molar-refractivity contribution in [3.8, 4) is 0 Å². The van der Waals surface area contributed by atoms with Crippen LogP contribution in [0.5, 0.6) is 0 Å². The van der Waals surface area contributed by atoms with Crippen molar-refractivity contribution < 1.29 is 14.4 Å². The van der Waals surface area contributed by atoms with Crippen LogP contribution in [-0.2, 0) is 16.0 Å². The van der Waals surface area contributed by atoms with Crippen molar-refractivity contribution in [2.75, 3.05) is 39.4 Å². The standard InChI is InChI=1S/C18H24Cl2N2O2/c19-17(20)16-14-5-2-1-4-13(14)12-15(16)18(23)21-6-3-7-22-8-10-24-11-9-22/h1-2,4-5,15-17H,3,6-12H2,(H,21,23)/p+1/t15-,16+/m1/s1. The first kappa shape index (κ1) is 18.0. The lowest BCUT2D eigenvalue weighted by molar-refractivity contribution is -0.908. The van der Waals surface area contributed by atoms with Gasteiger partial charge in [-0.05, 0) is 17.5 Å². The summed E-state index contributed by atoms with van der Waals surface area (Å²) in [6, 6.07) is 8.08. The molecular weight excluding hydrogens is 347 g/mol. The smallest absolute Gasteiger partial charge is 0.224 e. The summed E-state index contributed by atoms with van der Waals surface area (Å²) in [5.41, 5.74) is 2.30. The Bertz CT molecular complexity index is 562. The zero-order valence-electron chi connectivity index (χ0n) is 13.8. The Labute approximate surface area is 153 Å². The third-order valence-corrected chi connectivity index (χ3v) is 5.64. The maximum absolute atomic E-state index is 12.6. The molecule has 0 bridgehead atoms. The largest absolute Gasteiger partial charge is 0.370 e. The van der Waals surface area contributed by atoms with E-state index in [-0.39, 0.29) is 17.7 Å². The number of fused-ring (bicyclic) bond motifs is 1. The zero-order valence-corrected chi connectivity index (χ0v) is 15.3. The number of hydrogen-bond donors (Lipinski definition) is 2. The Morgan fingerprint density at radius 2 is 2.04 bits per heavy atom. The van der Waals surface area contributed by atoms with Crippen LogP contribution < -0.4 is 10.2 Å². The van der Waals surface area contributed by atoms with Crippen molar-refractivity contribution in [1.82, 2.24) is 5.32 Å². The molecule has 1 aromatic carbocycles. The van der Waals surface area contributed by atoms with Gasteiger partial charge in [-0.25, -0.2) is 0 Å². The van der Waals surface area contributed by atoms with Gasteiger partial charge in [0.15, 0.2) is 0 Å². The number of carbonyl (C=O) groups is 1. The molecule has 4 nitrogen and oxygen atoms in total. The van der Waals surface area contributed by atoms with Gasteiger partial charge >= 0.3 is 0 Å². The maximum Gasteiger partial charge on any atom is 0.224 e. The Balaban J connectivity index is 1.49. The lowest BCUT2D eigenvalue weighted by atomic mass is 9.93. The molecule has 1 aliphatic carbocycles. The first-order valence-corrected chi connectivity index (χ1v) is 9.59. The molecule has 0 aromatic heterocycles. The number of morpholine rings is 1. The fraction of sp³-hybridized carbons (Fsp3) is 0.611. The van der Waals surface area contributed by atoms with Crippen LogP contribution in [0.2, 0.25) is 0 Å². The van der Waals surface area contributed by atoms with Crippen LogP contribution in [0.15, 0.2) is 24.3 Å². The predicted octanol–water partition coefficient (Wildman–Crippen LogP) is 1.17. The fourth-order valence-electron chi connectivity index (χ4n) is 3.78. The molecule has 1 heterocycles. The van der Waals surface area contributed by atoms with Crippen LogP contribution >= 0.6 is 23.2 Å². The molecule has 1 aromatic rings. The summed E-state index contributed by atoms with van der Waals surface area (Å²) < 4.78 is 5.36. The average Bonchev–Trinajstić information content (AvgIpc) is 2.99. The van der Waals surface area contributed by atoms with Crippen LogP contribution in [0.3, 0.4) is 0 Å². The minimum Gasteiger partial charge on any atom is -0.370 e. The number of carbonyl (C=O) groups excluding carboxylic acids is 1. The Morgan fingerprint density at radius 3 is 2.79 bits per heavy atom. The molecule has 6 heteroatoms. The van der Waals surface area contributed by atoms with Crippen molar-refractivity contribution in [2.45, 2.75) is 23.6 Å². The van der Waals surface area contributed by atoms with Gasteiger partial charge in [0.25, 0.3) is 0 Å². The van der Waals surface area contributed by atoms with E-state index in [9.17, 15) is 4.79 Å². The van der Waals surface area contributed by atoms with E-state index in [1.165, 1.54) is 5.56 Å². The van der Waals surface area contributed by atoms with Crippen LogP contribution in [0.25, 0.3) is 0 Å². The number of halogens is 2. The van der Waals surface area contributed by atoms with E-state index in [1.807, 2.05) is 18.2 Å². The number of benzene rings is 1. The van der Waals surface area contributed by atoms with Crippen LogP contribution in [-0.4, -0.2) is 50.1 Å². The van der Waals surface area contributed by atoms with E-state index in [1.54, 1.807) is 4.90 Å². The average molecular weight is 372 g/mol. The second-order valence-corrected chi connectivity index (χ2v) is 7.79. The number of quaternary nitrogens is 1. The molecule has 0 radical (unpaired) electrons. The SMILES string of the molecule is O=C(NCCC[NH+]1CCOCC1)[C@@H]1Cc2ccccc2[C@@H]1C(Cl)Cl. The van der Waals surface area contributed by atoms with Gasteiger partial charge in [-0.1, -0.05) is 24.3 Å². The van der Waals surface area contributed by atoms with Gasteiger partial charge in [-0.3, -0.25) is 4.79 Å². The van der Waals surface area contributed by atoms with Crippen molar-refractivity contribution in [3.63, 3.8) is 0 Å². The summed E-state index contributed by atoms with van der Waals surface area (Å²) in [5, 5.41) is 3.08. The topological polar surface area (TPSA) is 42.8 Å². The predicted molar refractivity (Wildman–Crippen MR) is 95.9 cm³/mol. The van der Waals surface area contributed by atoms with Gasteiger partial charge in [0, 0.05) is 18.9 Å². The molecule has 1 amide bonds. The molecule has 0 unspecified atom stereocenters. The number of alkyl halides is 2. The molecular formula is C18H25Cl2N2O2+. The number of ether oxygens (including phenoxy) is 1. The molecule has 1 saturated heterocycles. The van der Waals surface area contributed by atoms with Crippen molar-refractivity contribution >= 4 is 29.1 Å². The summed E-state index contributed by atoms with van der Waals surface area (Å²) in [5.74, 6) is -0.216. The highest BCUT2D eigenvalue weighted by atomic mass is 35.5. The van der Waals surface area contributed by atoms with Gasteiger partial charge in [0.1, 0.15) is 17.9 Å². The molecule has 2 aliphatic rings. The van der Waals surface area contributed by atoms with Gasteiger partial charge in [0.2, 0.25) is 5.91 Å². The van der Waals surface area contributed by atoms with Crippen LogP contribution in [0.4, 0.5) is 0 Å². The minimum atomic E-state index is -0.567. The van der Waals surface area contributed by atoms with E-state index < -0.39 is 4.84 Å². The lowest BCUT2D eigenvalue weighted by Gasteiger charge is -2.24. The molecule has 3 rings (SSSR count). The van der Waals surface area contributed by atoms with E-state index in [4.69, 9.17) is 27.9 Å². The Hall–Kier alpha value is -0.810. The summed E-state index contributed by atoms with van der Waals surface area (Å²) in [4.78, 5) is 13.6. The molecule has 2 atom stereocenters. The number of nitrogens with one attached hydrogen (secondary N) is 2. The monoisotopic (exact) mass is 371 g/mol. The summed E-state index contributed by atoms with van der Waals surface area (Å²) in [6.45, 7) is 5.60. The highest BCUT2D eigenvalue weighted by Crippen LogP contribution is 2.43. The molecule has 1 aliphatic heterocycles. The third kappa shape index (κ3) is 4.23. The van der Waals surface area contributed by atoms with Gasteiger partial charge < -0.3 is 15.0 Å². The summed E-state index contributed by atoms with van der Waals surface area (Å²) >= 11 is 12.4. The van der Waals surface area contributed by atoms with Gasteiger partial charge in [0.05, 0.1) is 25.7 Å². The second-order valence-electron chi connectivity index (χ2n) is 6.63. The summed E-state index contributed by atoms with van der Waals surface area (Å²) in [7, 11) is 0. The number of hydrogen-bond acceptors (Lipinski definition) is 2. The highest BCUT2D eigenvalue weighted by Gasteiger charge is 2.40. The quantitative estimate of drug-likeness (QED) is 0.582.